The van der Waals surface area contributed by atoms with Crippen molar-refractivity contribution in [2.45, 2.75) is 12.6 Å². The molecule has 0 bridgehead atoms. The fourth-order valence-corrected chi connectivity index (χ4v) is 2.53. The number of halogens is 3. The molecule has 0 atom stereocenters. The van der Waals surface area contributed by atoms with Gasteiger partial charge >= 0.3 is 6.18 Å². The van der Waals surface area contributed by atoms with Gasteiger partial charge in [0, 0.05) is 29.6 Å². The van der Waals surface area contributed by atoms with E-state index in [0.717, 1.165) is 17.8 Å². The van der Waals surface area contributed by atoms with Crippen molar-refractivity contribution in [2.24, 2.45) is 5.73 Å². The van der Waals surface area contributed by atoms with Gasteiger partial charge in [-0.25, -0.2) is 4.98 Å². The zero-order valence-corrected chi connectivity index (χ0v) is 12.4. The molecule has 0 fully saturated rings. The van der Waals surface area contributed by atoms with E-state index in [4.69, 9.17) is 18.0 Å². The Bertz CT molecular complexity index is 624. The molecule has 0 aliphatic heterocycles. The number of rotatable bonds is 5. The number of hydrogen-bond acceptors (Lipinski definition) is 4. The molecule has 1 aromatic heterocycles. The van der Waals surface area contributed by atoms with Gasteiger partial charge in [0.15, 0.2) is 0 Å². The first-order chi connectivity index (χ1) is 9.88. The molecule has 8 heteroatoms. The standard InChI is InChI=1S/C13H12F3N3S2/c14-13(15,16)8-1-2-11(10(5-8)12(17)20)18-4-3-9-6-21-7-19-9/h1-2,5-7,18H,3-4H2,(H2,17,20). The quantitative estimate of drug-likeness (QED) is 0.824. The minimum Gasteiger partial charge on any atom is -0.389 e. The van der Waals surface area contributed by atoms with Crippen molar-refractivity contribution in [3.8, 4) is 0 Å². The maximum Gasteiger partial charge on any atom is 0.416 e. The number of benzene rings is 1. The van der Waals surface area contributed by atoms with Gasteiger partial charge in [-0.15, -0.1) is 11.3 Å². The van der Waals surface area contributed by atoms with Crippen molar-refractivity contribution < 1.29 is 13.2 Å². The highest BCUT2D eigenvalue weighted by atomic mass is 32.1. The number of aromatic nitrogens is 1. The molecule has 0 amide bonds. The molecule has 0 unspecified atom stereocenters. The number of nitrogens with two attached hydrogens (primary N) is 1. The Morgan fingerprint density at radius 2 is 2.14 bits per heavy atom. The lowest BCUT2D eigenvalue weighted by Gasteiger charge is -2.14. The lowest BCUT2D eigenvalue weighted by Crippen LogP contribution is -2.16. The molecule has 0 saturated heterocycles. The minimum absolute atomic E-state index is 0.0720. The van der Waals surface area contributed by atoms with Gasteiger partial charge in [0.25, 0.3) is 0 Å². The molecule has 3 N–H and O–H groups in total. The molecular formula is C13H12F3N3S2. The smallest absolute Gasteiger partial charge is 0.389 e. The largest absolute Gasteiger partial charge is 0.416 e. The van der Waals surface area contributed by atoms with E-state index >= 15 is 0 Å². The molecule has 0 saturated carbocycles. The van der Waals surface area contributed by atoms with Gasteiger partial charge in [-0.05, 0) is 18.2 Å². The summed E-state index contributed by atoms with van der Waals surface area (Å²) in [7, 11) is 0. The first-order valence-electron chi connectivity index (χ1n) is 6.00. The molecular weight excluding hydrogens is 319 g/mol. The monoisotopic (exact) mass is 331 g/mol. The number of nitrogens with zero attached hydrogens (tertiary/aromatic N) is 1. The van der Waals surface area contributed by atoms with Crippen molar-refractivity contribution in [1.82, 2.24) is 4.98 Å². The Labute approximate surface area is 129 Å². The van der Waals surface area contributed by atoms with Crippen LogP contribution >= 0.6 is 23.6 Å². The van der Waals surface area contributed by atoms with Crippen molar-refractivity contribution in [1.29, 1.82) is 0 Å². The van der Waals surface area contributed by atoms with E-state index in [-0.39, 0.29) is 10.6 Å². The van der Waals surface area contributed by atoms with Crippen molar-refractivity contribution >= 4 is 34.2 Å². The minimum atomic E-state index is -4.42. The van der Waals surface area contributed by atoms with E-state index in [2.05, 4.69) is 10.3 Å². The van der Waals surface area contributed by atoms with Crippen LogP contribution in [-0.4, -0.2) is 16.5 Å². The van der Waals surface area contributed by atoms with Crippen LogP contribution in [0.2, 0.25) is 0 Å². The Morgan fingerprint density at radius 1 is 1.38 bits per heavy atom. The van der Waals surface area contributed by atoms with Crippen molar-refractivity contribution in [3.63, 3.8) is 0 Å². The van der Waals surface area contributed by atoms with Gasteiger partial charge < -0.3 is 11.1 Å². The summed E-state index contributed by atoms with van der Waals surface area (Å²) >= 11 is 6.32. The maximum atomic E-state index is 12.7. The molecule has 0 aliphatic rings. The highest BCUT2D eigenvalue weighted by Crippen LogP contribution is 2.31. The molecule has 0 aliphatic carbocycles. The summed E-state index contributed by atoms with van der Waals surface area (Å²) in [5.41, 5.74) is 8.08. The number of hydrogen-bond donors (Lipinski definition) is 2. The molecule has 1 aromatic carbocycles. The highest BCUT2D eigenvalue weighted by molar-refractivity contribution is 7.80. The third-order valence-electron chi connectivity index (χ3n) is 2.79. The first kappa shape index (κ1) is 15.7. The number of nitrogens with one attached hydrogen (secondary N) is 1. The molecule has 112 valence electrons. The summed E-state index contributed by atoms with van der Waals surface area (Å²) in [5, 5.41) is 4.96. The Morgan fingerprint density at radius 3 is 2.71 bits per heavy atom. The van der Waals surface area contributed by atoms with Gasteiger partial charge in [0.1, 0.15) is 4.99 Å². The van der Waals surface area contributed by atoms with Gasteiger partial charge in [-0.3, -0.25) is 0 Å². The molecule has 1 heterocycles. The van der Waals surface area contributed by atoms with E-state index in [0.29, 0.717) is 18.7 Å². The molecule has 0 radical (unpaired) electrons. The number of thiocarbonyl (C=S) groups is 1. The topological polar surface area (TPSA) is 50.9 Å². The van der Waals surface area contributed by atoms with Crippen LogP contribution in [0.5, 0.6) is 0 Å². The van der Waals surface area contributed by atoms with E-state index in [1.807, 2.05) is 5.38 Å². The molecule has 21 heavy (non-hydrogen) atoms. The fourth-order valence-electron chi connectivity index (χ4n) is 1.76. The van der Waals surface area contributed by atoms with Gasteiger partial charge in [0.2, 0.25) is 0 Å². The zero-order valence-electron chi connectivity index (χ0n) is 10.8. The van der Waals surface area contributed by atoms with E-state index in [9.17, 15) is 13.2 Å². The third kappa shape index (κ3) is 4.15. The summed E-state index contributed by atoms with van der Waals surface area (Å²) in [5.74, 6) is 0. The van der Waals surface area contributed by atoms with Crippen LogP contribution in [-0.2, 0) is 12.6 Å². The molecule has 2 aromatic rings. The van der Waals surface area contributed by atoms with Crippen LogP contribution in [0, 0.1) is 0 Å². The third-order valence-corrected chi connectivity index (χ3v) is 3.65. The summed E-state index contributed by atoms with van der Waals surface area (Å²) in [6.07, 6.45) is -3.75. The van der Waals surface area contributed by atoms with E-state index in [1.165, 1.54) is 17.4 Å². The van der Waals surface area contributed by atoms with Gasteiger partial charge in [0.05, 0.1) is 16.8 Å². The summed E-state index contributed by atoms with van der Waals surface area (Å²) < 4.78 is 38.1. The van der Waals surface area contributed by atoms with Crippen LogP contribution in [0.3, 0.4) is 0 Å². The zero-order chi connectivity index (χ0) is 15.5. The summed E-state index contributed by atoms with van der Waals surface area (Å²) in [6.45, 7) is 0.532. The SMILES string of the molecule is NC(=S)c1cc(C(F)(F)F)ccc1NCCc1cscn1. The fraction of sp³-hybridized carbons (Fsp3) is 0.231. The average Bonchev–Trinajstić information content (AvgIpc) is 2.90. The van der Waals surface area contributed by atoms with Crippen LogP contribution in [0.25, 0.3) is 0 Å². The second-order valence-corrected chi connectivity index (χ2v) is 5.44. The predicted molar refractivity (Wildman–Crippen MR) is 81.6 cm³/mol. The second kappa shape index (κ2) is 6.40. The van der Waals surface area contributed by atoms with Gasteiger partial charge in [-0.1, -0.05) is 12.2 Å². The Hall–Kier alpha value is -1.67. The van der Waals surface area contributed by atoms with Crippen LogP contribution < -0.4 is 11.1 Å². The molecule has 0 spiro atoms. The second-order valence-electron chi connectivity index (χ2n) is 4.28. The number of alkyl halides is 3. The maximum absolute atomic E-state index is 12.7. The molecule has 3 nitrogen and oxygen atoms in total. The van der Waals surface area contributed by atoms with Gasteiger partial charge in [-0.2, -0.15) is 13.2 Å². The van der Waals surface area contributed by atoms with Crippen LogP contribution in [0.4, 0.5) is 18.9 Å². The number of anilines is 1. The Balaban J connectivity index is 2.13. The summed E-state index contributed by atoms with van der Waals surface area (Å²) in [4.78, 5) is 4.06. The summed E-state index contributed by atoms with van der Waals surface area (Å²) in [6, 6.07) is 3.32. The Kier molecular flexibility index (Phi) is 4.79. The van der Waals surface area contributed by atoms with Crippen molar-refractivity contribution in [3.05, 3.63) is 45.9 Å². The van der Waals surface area contributed by atoms with E-state index in [1.54, 1.807) is 5.51 Å². The van der Waals surface area contributed by atoms with Crippen LogP contribution in [0.1, 0.15) is 16.8 Å². The van der Waals surface area contributed by atoms with Crippen LogP contribution in [0.15, 0.2) is 29.1 Å². The van der Waals surface area contributed by atoms with Crippen molar-refractivity contribution in [2.75, 3.05) is 11.9 Å². The average molecular weight is 331 g/mol. The van der Waals surface area contributed by atoms with E-state index < -0.39 is 11.7 Å². The lowest BCUT2D eigenvalue weighted by atomic mass is 10.1. The lowest BCUT2D eigenvalue weighted by molar-refractivity contribution is -0.137. The number of thiazole rings is 1. The molecule has 2 rings (SSSR count). The normalized spacial score (nSPS) is 11.4. The highest BCUT2D eigenvalue weighted by Gasteiger charge is 2.31. The predicted octanol–water partition coefficient (Wildman–Crippen LogP) is 3.45. The first-order valence-corrected chi connectivity index (χ1v) is 7.35.